The molecule has 1 N–H and O–H groups in total. The Morgan fingerprint density at radius 3 is 2.65 bits per heavy atom. The molecule has 5 nitrogen and oxygen atoms in total. The fraction of sp³-hybridized carbons (Fsp3) is 0.750. The Bertz CT molecular complexity index is 394. The summed E-state index contributed by atoms with van der Waals surface area (Å²) < 4.78 is 5.19. The van der Waals surface area contributed by atoms with Crippen LogP contribution in [-0.4, -0.2) is 27.8 Å². The van der Waals surface area contributed by atoms with Crippen LogP contribution in [0.15, 0.2) is 0 Å². The summed E-state index contributed by atoms with van der Waals surface area (Å²) in [6, 6.07) is 0. The highest BCUT2D eigenvalue weighted by Crippen LogP contribution is 2.40. The van der Waals surface area contributed by atoms with E-state index in [-0.39, 0.29) is 5.97 Å². The van der Waals surface area contributed by atoms with Gasteiger partial charge in [-0.3, -0.25) is 9.89 Å². The third-order valence-corrected chi connectivity index (χ3v) is 3.42. The fourth-order valence-electron chi connectivity index (χ4n) is 2.43. The van der Waals surface area contributed by atoms with E-state index in [0.717, 1.165) is 37.9 Å². The van der Waals surface area contributed by atoms with E-state index in [9.17, 15) is 4.79 Å². The van der Waals surface area contributed by atoms with Gasteiger partial charge in [0, 0.05) is 6.42 Å². The zero-order valence-corrected chi connectivity index (χ0v) is 10.5. The highest BCUT2D eigenvalue weighted by atomic mass is 16.5. The van der Waals surface area contributed by atoms with Crippen LogP contribution in [0.25, 0.3) is 0 Å². The fourth-order valence-corrected chi connectivity index (χ4v) is 2.43. The number of esters is 1. The quantitative estimate of drug-likeness (QED) is 0.810. The molecule has 17 heavy (non-hydrogen) atoms. The molecule has 0 bridgehead atoms. The predicted octanol–water partition coefficient (Wildman–Crippen LogP) is 1.74. The normalized spacial score (nSPS) is 18.2. The first kappa shape index (κ1) is 12.1. The van der Waals surface area contributed by atoms with E-state index in [1.165, 1.54) is 0 Å². The van der Waals surface area contributed by atoms with Gasteiger partial charge in [0.25, 0.3) is 0 Å². The number of H-pyrrole nitrogens is 1. The summed E-state index contributed by atoms with van der Waals surface area (Å²) in [7, 11) is 0. The molecule has 5 heteroatoms. The van der Waals surface area contributed by atoms with Crippen LogP contribution in [0.4, 0.5) is 0 Å². The van der Waals surface area contributed by atoms with Crippen molar-refractivity contribution in [3.8, 4) is 0 Å². The maximum Gasteiger partial charge on any atom is 0.319 e. The standard InChI is InChI=1S/C12H19N3O2/c1-3-9-13-10(15-14-9)12(7-5-6-8-12)11(16)17-4-2/h3-8H2,1-2H3,(H,13,14,15). The molecule has 0 atom stereocenters. The van der Waals surface area contributed by atoms with Gasteiger partial charge in [-0.25, -0.2) is 4.98 Å². The first-order valence-corrected chi connectivity index (χ1v) is 6.32. The van der Waals surface area contributed by atoms with Crippen LogP contribution in [0.5, 0.6) is 0 Å². The average Bonchev–Trinajstić information content (AvgIpc) is 2.99. The number of carbonyl (C=O) groups excluding carboxylic acids is 1. The van der Waals surface area contributed by atoms with Gasteiger partial charge in [0.1, 0.15) is 11.2 Å². The summed E-state index contributed by atoms with van der Waals surface area (Å²) in [4.78, 5) is 16.6. The van der Waals surface area contributed by atoms with E-state index in [1.807, 2.05) is 13.8 Å². The molecule has 1 aromatic rings. The summed E-state index contributed by atoms with van der Waals surface area (Å²) in [5.74, 6) is 1.28. The molecule has 1 aromatic heterocycles. The molecular formula is C12H19N3O2. The molecular weight excluding hydrogens is 218 g/mol. The lowest BCUT2D eigenvalue weighted by Crippen LogP contribution is -2.36. The van der Waals surface area contributed by atoms with Crippen molar-refractivity contribution in [2.75, 3.05) is 6.61 Å². The van der Waals surface area contributed by atoms with Crippen LogP contribution in [0.1, 0.15) is 51.2 Å². The number of aryl methyl sites for hydroxylation is 1. The second-order valence-electron chi connectivity index (χ2n) is 4.47. The van der Waals surface area contributed by atoms with E-state index < -0.39 is 5.41 Å². The van der Waals surface area contributed by atoms with Crippen LogP contribution in [0.2, 0.25) is 0 Å². The molecule has 0 amide bonds. The summed E-state index contributed by atoms with van der Waals surface area (Å²) in [5, 5.41) is 7.09. The van der Waals surface area contributed by atoms with Gasteiger partial charge < -0.3 is 4.74 Å². The number of aromatic amines is 1. The van der Waals surface area contributed by atoms with Crippen molar-refractivity contribution in [2.24, 2.45) is 0 Å². The minimum absolute atomic E-state index is 0.167. The molecule has 0 aliphatic heterocycles. The monoisotopic (exact) mass is 237 g/mol. The SMILES string of the molecule is CCOC(=O)C1(c2n[nH]c(CC)n2)CCCC1. The van der Waals surface area contributed by atoms with Gasteiger partial charge in [0.2, 0.25) is 0 Å². The van der Waals surface area contributed by atoms with Crippen molar-refractivity contribution in [1.82, 2.24) is 15.2 Å². The summed E-state index contributed by atoms with van der Waals surface area (Å²) >= 11 is 0. The Morgan fingerprint density at radius 1 is 1.41 bits per heavy atom. The molecule has 1 heterocycles. The Balaban J connectivity index is 2.30. The predicted molar refractivity (Wildman–Crippen MR) is 62.5 cm³/mol. The third kappa shape index (κ3) is 2.06. The summed E-state index contributed by atoms with van der Waals surface area (Å²) in [6.45, 7) is 4.25. The van der Waals surface area contributed by atoms with E-state index in [1.54, 1.807) is 0 Å². The van der Waals surface area contributed by atoms with Gasteiger partial charge >= 0.3 is 5.97 Å². The van der Waals surface area contributed by atoms with Crippen molar-refractivity contribution in [2.45, 2.75) is 51.4 Å². The molecule has 0 saturated heterocycles. The molecule has 2 rings (SSSR count). The van der Waals surface area contributed by atoms with Crippen LogP contribution in [-0.2, 0) is 21.4 Å². The van der Waals surface area contributed by atoms with Crippen molar-refractivity contribution < 1.29 is 9.53 Å². The van der Waals surface area contributed by atoms with E-state index in [2.05, 4.69) is 15.2 Å². The largest absolute Gasteiger partial charge is 0.465 e. The molecule has 0 radical (unpaired) electrons. The topological polar surface area (TPSA) is 67.9 Å². The Kier molecular flexibility index (Phi) is 3.45. The number of carbonyl (C=O) groups is 1. The van der Waals surface area contributed by atoms with Gasteiger partial charge in [-0.2, -0.15) is 5.10 Å². The minimum atomic E-state index is -0.597. The highest BCUT2D eigenvalue weighted by molar-refractivity contribution is 5.82. The third-order valence-electron chi connectivity index (χ3n) is 3.42. The minimum Gasteiger partial charge on any atom is -0.465 e. The molecule has 0 aromatic carbocycles. The summed E-state index contributed by atoms with van der Waals surface area (Å²) in [6.07, 6.45) is 4.47. The van der Waals surface area contributed by atoms with Crippen LogP contribution in [0.3, 0.4) is 0 Å². The van der Waals surface area contributed by atoms with Crippen molar-refractivity contribution in [1.29, 1.82) is 0 Å². The van der Waals surface area contributed by atoms with Gasteiger partial charge in [-0.15, -0.1) is 0 Å². The maximum atomic E-state index is 12.1. The number of hydrogen-bond acceptors (Lipinski definition) is 4. The molecule has 1 aliphatic rings. The molecule has 1 saturated carbocycles. The van der Waals surface area contributed by atoms with Crippen molar-refractivity contribution >= 4 is 5.97 Å². The molecule has 1 fully saturated rings. The summed E-state index contributed by atoms with van der Waals surface area (Å²) in [5.41, 5.74) is -0.597. The maximum absolute atomic E-state index is 12.1. The van der Waals surface area contributed by atoms with Gasteiger partial charge in [0.05, 0.1) is 6.61 Å². The van der Waals surface area contributed by atoms with Crippen molar-refractivity contribution in [3.63, 3.8) is 0 Å². The van der Waals surface area contributed by atoms with Crippen molar-refractivity contribution in [3.05, 3.63) is 11.6 Å². The lowest BCUT2D eigenvalue weighted by molar-refractivity contribution is -0.150. The lowest BCUT2D eigenvalue weighted by atomic mass is 9.85. The van der Waals surface area contributed by atoms with Gasteiger partial charge in [0.15, 0.2) is 5.82 Å². The Hall–Kier alpha value is -1.39. The average molecular weight is 237 g/mol. The molecule has 94 valence electrons. The number of aromatic nitrogens is 3. The Labute approximate surface area is 101 Å². The smallest absolute Gasteiger partial charge is 0.319 e. The second kappa shape index (κ2) is 4.85. The Morgan fingerprint density at radius 2 is 2.12 bits per heavy atom. The highest BCUT2D eigenvalue weighted by Gasteiger charge is 2.47. The number of rotatable bonds is 4. The molecule has 0 spiro atoms. The lowest BCUT2D eigenvalue weighted by Gasteiger charge is -2.22. The van der Waals surface area contributed by atoms with E-state index in [4.69, 9.17) is 4.74 Å². The zero-order valence-electron chi connectivity index (χ0n) is 10.5. The van der Waals surface area contributed by atoms with Crippen LogP contribution >= 0.6 is 0 Å². The zero-order chi connectivity index (χ0) is 12.3. The number of nitrogens with zero attached hydrogens (tertiary/aromatic N) is 2. The first-order valence-electron chi connectivity index (χ1n) is 6.32. The van der Waals surface area contributed by atoms with E-state index in [0.29, 0.717) is 12.4 Å². The van der Waals surface area contributed by atoms with Crippen LogP contribution in [0, 0.1) is 0 Å². The molecule has 0 unspecified atom stereocenters. The van der Waals surface area contributed by atoms with E-state index >= 15 is 0 Å². The number of nitrogens with one attached hydrogen (secondary N) is 1. The second-order valence-corrected chi connectivity index (χ2v) is 4.47. The van der Waals surface area contributed by atoms with Gasteiger partial charge in [-0.1, -0.05) is 19.8 Å². The molecule has 1 aliphatic carbocycles. The first-order chi connectivity index (χ1) is 8.23. The van der Waals surface area contributed by atoms with Crippen LogP contribution < -0.4 is 0 Å². The number of ether oxygens (including phenoxy) is 1. The number of hydrogen-bond donors (Lipinski definition) is 1. The van der Waals surface area contributed by atoms with Gasteiger partial charge in [-0.05, 0) is 19.8 Å².